The zero-order valence-electron chi connectivity index (χ0n) is 14.3. The molecule has 3 rings (SSSR count). The average Bonchev–Trinajstić information content (AvgIpc) is 2.54. The van der Waals surface area contributed by atoms with E-state index >= 15 is 0 Å². The molecule has 0 saturated heterocycles. The van der Waals surface area contributed by atoms with E-state index in [-0.39, 0.29) is 11.7 Å². The minimum atomic E-state index is -1.39. The predicted molar refractivity (Wildman–Crippen MR) is 89.6 cm³/mol. The Morgan fingerprint density at radius 3 is 2.55 bits per heavy atom. The standard InChI is InChI=1S/C20H26O2/c1-12(2)16-11-14-9-8-13(3)15-7-6-10-19(4,5)20(22,17(14)15)18(16)21/h8-9,11-12,22H,6-7,10H2,1-5H3/t20-/m1/s1. The van der Waals surface area contributed by atoms with Gasteiger partial charge in [0.2, 0.25) is 0 Å². The van der Waals surface area contributed by atoms with Crippen LogP contribution in [0.3, 0.4) is 0 Å². The van der Waals surface area contributed by atoms with Crippen LogP contribution in [-0.4, -0.2) is 10.9 Å². The monoisotopic (exact) mass is 298 g/mol. The highest BCUT2D eigenvalue weighted by Crippen LogP contribution is 2.53. The molecule has 0 saturated carbocycles. The number of carbonyl (C=O) groups excluding carboxylic acids is 1. The van der Waals surface area contributed by atoms with E-state index in [4.69, 9.17) is 0 Å². The molecule has 0 aliphatic heterocycles. The second-order valence-electron chi connectivity index (χ2n) is 7.86. The van der Waals surface area contributed by atoms with Crippen LogP contribution in [0.5, 0.6) is 0 Å². The van der Waals surface area contributed by atoms with Gasteiger partial charge in [0.1, 0.15) is 0 Å². The maximum absolute atomic E-state index is 13.2. The normalized spacial score (nSPS) is 26.5. The van der Waals surface area contributed by atoms with Crippen LogP contribution in [0.2, 0.25) is 0 Å². The zero-order valence-corrected chi connectivity index (χ0v) is 14.3. The van der Waals surface area contributed by atoms with Crippen molar-refractivity contribution in [3.8, 4) is 0 Å². The van der Waals surface area contributed by atoms with Gasteiger partial charge in [0.15, 0.2) is 11.4 Å². The highest BCUT2D eigenvalue weighted by Gasteiger charge is 2.55. The van der Waals surface area contributed by atoms with Crippen LogP contribution in [0.25, 0.3) is 6.08 Å². The molecule has 1 N–H and O–H groups in total. The molecule has 0 aromatic heterocycles. The Kier molecular flexibility index (Phi) is 3.37. The smallest absolute Gasteiger partial charge is 0.195 e. The van der Waals surface area contributed by atoms with Gasteiger partial charge < -0.3 is 5.11 Å². The molecule has 0 bridgehead atoms. The fraction of sp³-hybridized carbons (Fsp3) is 0.550. The van der Waals surface area contributed by atoms with Crippen LogP contribution in [0.15, 0.2) is 17.7 Å². The van der Waals surface area contributed by atoms with E-state index in [9.17, 15) is 9.90 Å². The van der Waals surface area contributed by atoms with Crippen LogP contribution >= 0.6 is 0 Å². The van der Waals surface area contributed by atoms with E-state index in [0.29, 0.717) is 0 Å². The molecule has 22 heavy (non-hydrogen) atoms. The topological polar surface area (TPSA) is 37.3 Å². The molecule has 1 aromatic carbocycles. The maximum Gasteiger partial charge on any atom is 0.195 e. The number of hydrogen-bond acceptors (Lipinski definition) is 2. The Labute approximate surface area is 133 Å². The minimum absolute atomic E-state index is 0.0891. The summed E-state index contributed by atoms with van der Waals surface area (Å²) in [6.07, 6.45) is 4.81. The van der Waals surface area contributed by atoms with Gasteiger partial charge >= 0.3 is 0 Å². The van der Waals surface area contributed by atoms with Crippen LogP contribution in [-0.2, 0) is 16.8 Å². The highest BCUT2D eigenvalue weighted by atomic mass is 16.3. The SMILES string of the molecule is Cc1ccc2c3c1CCCC(C)(C)[C@]3(O)C(=O)C(C(C)C)=C2. The molecule has 2 aliphatic rings. The van der Waals surface area contributed by atoms with Crippen LogP contribution < -0.4 is 0 Å². The molecule has 118 valence electrons. The summed E-state index contributed by atoms with van der Waals surface area (Å²) in [5.41, 5.74) is 3.17. The molecule has 0 unspecified atom stereocenters. The Balaban J connectivity index is 2.41. The van der Waals surface area contributed by atoms with Crippen molar-refractivity contribution in [1.82, 2.24) is 0 Å². The van der Waals surface area contributed by atoms with E-state index < -0.39 is 11.0 Å². The Hall–Kier alpha value is -1.41. The predicted octanol–water partition coefficient (Wildman–Crippen LogP) is 4.17. The van der Waals surface area contributed by atoms with Gasteiger partial charge in [0.05, 0.1) is 0 Å². The molecular weight excluding hydrogens is 272 g/mol. The van der Waals surface area contributed by atoms with Crippen molar-refractivity contribution >= 4 is 11.9 Å². The summed E-state index contributed by atoms with van der Waals surface area (Å²) in [7, 11) is 0. The average molecular weight is 298 g/mol. The first-order chi connectivity index (χ1) is 10.2. The number of rotatable bonds is 1. The number of Topliss-reactive ketones (excluding diaryl/α,β-unsaturated/α-hetero) is 1. The number of aryl methyl sites for hydroxylation is 1. The molecular formula is C20H26O2. The summed E-state index contributed by atoms with van der Waals surface area (Å²) in [5, 5.41) is 11.7. The fourth-order valence-electron chi connectivity index (χ4n) is 4.16. The highest BCUT2D eigenvalue weighted by molar-refractivity contribution is 6.09. The lowest BCUT2D eigenvalue weighted by atomic mass is 9.61. The fourth-order valence-corrected chi connectivity index (χ4v) is 4.16. The second kappa shape index (κ2) is 4.79. The maximum atomic E-state index is 13.2. The molecule has 0 amide bonds. The van der Waals surface area contributed by atoms with Crippen molar-refractivity contribution in [3.05, 3.63) is 40.0 Å². The molecule has 2 aliphatic carbocycles. The first kappa shape index (κ1) is 15.5. The van der Waals surface area contributed by atoms with Crippen LogP contribution in [0, 0.1) is 18.3 Å². The summed E-state index contributed by atoms with van der Waals surface area (Å²) < 4.78 is 0. The summed E-state index contributed by atoms with van der Waals surface area (Å²) in [6, 6.07) is 4.19. The molecule has 1 atom stereocenters. The second-order valence-corrected chi connectivity index (χ2v) is 7.86. The van der Waals surface area contributed by atoms with Crippen molar-refractivity contribution in [3.63, 3.8) is 0 Å². The molecule has 1 aromatic rings. The van der Waals surface area contributed by atoms with Crippen LogP contribution in [0.1, 0.15) is 62.8 Å². The van der Waals surface area contributed by atoms with Gasteiger partial charge in [-0.15, -0.1) is 0 Å². The lowest BCUT2D eigenvalue weighted by Crippen LogP contribution is -2.51. The molecule has 0 radical (unpaired) electrons. The lowest BCUT2D eigenvalue weighted by molar-refractivity contribution is -0.150. The van der Waals surface area contributed by atoms with E-state index in [1.54, 1.807) is 0 Å². The van der Waals surface area contributed by atoms with Crippen LogP contribution in [0.4, 0.5) is 0 Å². The van der Waals surface area contributed by atoms with Crippen molar-refractivity contribution in [2.45, 2.75) is 59.5 Å². The molecule has 2 nitrogen and oxygen atoms in total. The third-order valence-corrected chi connectivity index (χ3v) is 5.67. The third-order valence-electron chi connectivity index (χ3n) is 5.67. The van der Waals surface area contributed by atoms with E-state index in [1.165, 1.54) is 11.1 Å². The molecule has 0 heterocycles. The Bertz CT molecular complexity index is 679. The first-order valence-electron chi connectivity index (χ1n) is 8.32. The minimum Gasteiger partial charge on any atom is -0.376 e. The lowest BCUT2D eigenvalue weighted by Gasteiger charge is -2.45. The number of hydrogen-bond donors (Lipinski definition) is 1. The van der Waals surface area contributed by atoms with Gasteiger partial charge in [-0.25, -0.2) is 0 Å². The number of ketones is 1. The summed E-state index contributed by atoms with van der Waals surface area (Å²) >= 11 is 0. The number of benzene rings is 1. The van der Waals surface area contributed by atoms with Gasteiger partial charge in [0.25, 0.3) is 0 Å². The summed E-state index contributed by atoms with van der Waals surface area (Å²) in [4.78, 5) is 13.2. The molecule has 0 spiro atoms. The molecule has 0 fully saturated rings. The Morgan fingerprint density at radius 2 is 1.91 bits per heavy atom. The zero-order chi connectivity index (χ0) is 16.3. The van der Waals surface area contributed by atoms with Crippen molar-refractivity contribution in [2.24, 2.45) is 11.3 Å². The molecule has 2 heteroatoms. The Morgan fingerprint density at radius 1 is 1.23 bits per heavy atom. The number of carbonyl (C=O) groups is 1. The van der Waals surface area contributed by atoms with E-state index in [2.05, 4.69) is 19.1 Å². The van der Waals surface area contributed by atoms with E-state index in [1.807, 2.05) is 33.8 Å². The largest absolute Gasteiger partial charge is 0.376 e. The first-order valence-corrected chi connectivity index (χ1v) is 8.32. The third kappa shape index (κ3) is 1.86. The summed E-state index contributed by atoms with van der Waals surface area (Å²) in [6.45, 7) is 10.2. The van der Waals surface area contributed by atoms with Crippen molar-refractivity contribution < 1.29 is 9.90 Å². The summed E-state index contributed by atoms with van der Waals surface area (Å²) in [5.74, 6) is 0.0298. The van der Waals surface area contributed by atoms with Gasteiger partial charge in [-0.05, 0) is 54.9 Å². The van der Waals surface area contributed by atoms with Crippen molar-refractivity contribution in [2.75, 3.05) is 0 Å². The van der Waals surface area contributed by atoms with Gasteiger partial charge in [-0.2, -0.15) is 0 Å². The number of aliphatic hydroxyl groups is 1. The quantitative estimate of drug-likeness (QED) is 0.845. The van der Waals surface area contributed by atoms with Gasteiger partial charge in [-0.1, -0.05) is 39.8 Å². The van der Waals surface area contributed by atoms with Crippen molar-refractivity contribution in [1.29, 1.82) is 0 Å². The van der Waals surface area contributed by atoms with Gasteiger partial charge in [0, 0.05) is 16.6 Å². The van der Waals surface area contributed by atoms with E-state index in [0.717, 1.165) is 36.0 Å². The van der Waals surface area contributed by atoms with Gasteiger partial charge in [-0.3, -0.25) is 4.79 Å².